The molecule has 2 aromatic rings. The first-order chi connectivity index (χ1) is 7.18. The Bertz CT molecular complexity index is 449. The molecular weight excluding hydrogens is 206 g/mol. The molecule has 4 heteroatoms. The van der Waals surface area contributed by atoms with Crippen LogP contribution in [0.2, 0.25) is 0 Å². The SMILES string of the molecule is CN(C)c1ccc(-c2cscn2)cc1N. The highest BCUT2D eigenvalue weighted by molar-refractivity contribution is 7.07. The fourth-order valence-corrected chi connectivity index (χ4v) is 2.04. The van der Waals surface area contributed by atoms with Crippen molar-refractivity contribution in [1.82, 2.24) is 4.98 Å². The number of hydrogen-bond donors (Lipinski definition) is 1. The molecule has 0 spiro atoms. The Labute approximate surface area is 93.2 Å². The second-order valence-corrected chi connectivity index (χ2v) is 4.26. The van der Waals surface area contributed by atoms with Gasteiger partial charge in [-0.05, 0) is 12.1 Å². The van der Waals surface area contributed by atoms with Crippen LogP contribution < -0.4 is 10.6 Å². The third kappa shape index (κ3) is 1.94. The van der Waals surface area contributed by atoms with E-state index in [1.165, 1.54) is 0 Å². The van der Waals surface area contributed by atoms with E-state index in [-0.39, 0.29) is 0 Å². The van der Waals surface area contributed by atoms with Gasteiger partial charge in [0.15, 0.2) is 0 Å². The molecule has 0 aliphatic rings. The summed E-state index contributed by atoms with van der Waals surface area (Å²) in [6.07, 6.45) is 0. The van der Waals surface area contributed by atoms with E-state index in [4.69, 9.17) is 5.73 Å². The molecule has 0 saturated heterocycles. The molecule has 0 amide bonds. The zero-order valence-corrected chi connectivity index (χ0v) is 9.58. The van der Waals surface area contributed by atoms with Crippen molar-refractivity contribution in [2.75, 3.05) is 24.7 Å². The lowest BCUT2D eigenvalue weighted by Gasteiger charge is -2.15. The summed E-state index contributed by atoms with van der Waals surface area (Å²) in [6.45, 7) is 0. The molecule has 0 atom stereocenters. The van der Waals surface area contributed by atoms with Crippen molar-refractivity contribution in [2.45, 2.75) is 0 Å². The van der Waals surface area contributed by atoms with Gasteiger partial charge in [-0.15, -0.1) is 11.3 Å². The molecule has 15 heavy (non-hydrogen) atoms. The number of nitrogens with zero attached hydrogens (tertiary/aromatic N) is 2. The van der Waals surface area contributed by atoms with Gasteiger partial charge in [0.25, 0.3) is 0 Å². The van der Waals surface area contributed by atoms with Gasteiger partial charge in [-0.2, -0.15) is 0 Å². The summed E-state index contributed by atoms with van der Waals surface area (Å²) in [5.41, 5.74) is 11.7. The summed E-state index contributed by atoms with van der Waals surface area (Å²) in [6, 6.07) is 6.02. The number of aromatic nitrogens is 1. The molecule has 0 radical (unpaired) electrons. The number of thiazole rings is 1. The predicted molar refractivity (Wildman–Crippen MR) is 66.3 cm³/mol. The van der Waals surface area contributed by atoms with Crippen molar-refractivity contribution < 1.29 is 0 Å². The maximum absolute atomic E-state index is 5.96. The molecule has 78 valence electrons. The summed E-state index contributed by atoms with van der Waals surface area (Å²) in [4.78, 5) is 6.25. The maximum Gasteiger partial charge on any atom is 0.0811 e. The minimum Gasteiger partial charge on any atom is -0.397 e. The van der Waals surface area contributed by atoms with Crippen LogP contribution in [0.15, 0.2) is 29.1 Å². The monoisotopic (exact) mass is 219 g/mol. The Kier molecular flexibility index (Phi) is 2.60. The highest BCUT2D eigenvalue weighted by Crippen LogP contribution is 2.27. The molecule has 0 fully saturated rings. The van der Waals surface area contributed by atoms with Crippen molar-refractivity contribution in [3.05, 3.63) is 29.1 Å². The van der Waals surface area contributed by atoms with Crippen molar-refractivity contribution in [2.24, 2.45) is 0 Å². The normalized spacial score (nSPS) is 10.3. The van der Waals surface area contributed by atoms with Crippen LogP contribution in [0.3, 0.4) is 0 Å². The van der Waals surface area contributed by atoms with Crippen molar-refractivity contribution in [3.8, 4) is 11.3 Å². The van der Waals surface area contributed by atoms with E-state index in [9.17, 15) is 0 Å². The maximum atomic E-state index is 5.96. The topological polar surface area (TPSA) is 42.2 Å². The van der Waals surface area contributed by atoms with Crippen LogP contribution in [-0.4, -0.2) is 19.1 Å². The number of rotatable bonds is 2. The molecule has 0 aliphatic carbocycles. The summed E-state index contributed by atoms with van der Waals surface area (Å²) in [5, 5.41) is 2.02. The lowest BCUT2D eigenvalue weighted by atomic mass is 10.1. The molecule has 2 rings (SSSR count). The highest BCUT2D eigenvalue weighted by atomic mass is 32.1. The molecule has 3 nitrogen and oxygen atoms in total. The number of nitrogen functional groups attached to an aromatic ring is 1. The van der Waals surface area contributed by atoms with E-state index in [2.05, 4.69) is 4.98 Å². The van der Waals surface area contributed by atoms with Crippen LogP contribution >= 0.6 is 11.3 Å². The minimum atomic E-state index is 0.783. The molecule has 1 aromatic heterocycles. The number of benzene rings is 1. The molecule has 0 bridgehead atoms. The van der Waals surface area contributed by atoms with E-state index in [1.807, 2.05) is 48.1 Å². The number of nitrogens with two attached hydrogens (primary N) is 1. The predicted octanol–water partition coefficient (Wildman–Crippen LogP) is 2.46. The van der Waals surface area contributed by atoms with Crippen LogP contribution in [0, 0.1) is 0 Å². The summed E-state index contributed by atoms with van der Waals surface area (Å²) in [5.74, 6) is 0. The van der Waals surface area contributed by atoms with Gasteiger partial charge in [0.2, 0.25) is 0 Å². The zero-order chi connectivity index (χ0) is 10.8. The average molecular weight is 219 g/mol. The fraction of sp³-hybridized carbons (Fsp3) is 0.182. The molecule has 0 unspecified atom stereocenters. The first-order valence-corrected chi connectivity index (χ1v) is 5.58. The van der Waals surface area contributed by atoms with E-state index >= 15 is 0 Å². The average Bonchev–Trinajstić information content (AvgIpc) is 2.69. The Morgan fingerprint density at radius 3 is 2.67 bits per heavy atom. The number of hydrogen-bond acceptors (Lipinski definition) is 4. The van der Waals surface area contributed by atoms with Gasteiger partial charge in [-0.1, -0.05) is 6.07 Å². The Morgan fingerprint density at radius 2 is 2.13 bits per heavy atom. The Morgan fingerprint density at radius 1 is 1.33 bits per heavy atom. The van der Waals surface area contributed by atoms with Gasteiger partial charge in [-0.25, -0.2) is 4.98 Å². The Hall–Kier alpha value is -1.55. The van der Waals surface area contributed by atoms with Crippen LogP contribution in [-0.2, 0) is 0 Å². The van der Waals surface area contributed by atoms with Crippen LogP contribution in [0.25, 0.3) is 11.3 Å². The third-order valence-corrected chi connectivity index (χ3v) is 2.82. The van der Waals surface area contributed by atoms with E-state index in [1.54, 1.807) is 11.3 Å². The van der Waals surface area contributed by atoms with E-state index in [0.29, 0.717) is 0 Å². The number of anilines is 2. The summed E-state index contributed by atoms with van der Waals surface area (Å²) < 4.78 is 0. The van der Waals surface area contributed by atoms with Gasteiger partial charge in [0.05, 0.1) is 22.6 Å². The molecule has 2 N–H and O–H groups in total. The van der Waals surface area contributed by atoms with Gasteiger partial charge in [-0.3, -0.25) is 0 Å². The first-order valence-electron chi connectivity index (χ1n) is 4.64. The van der Waals surface area contributed by atoms with Crippen LogP contribution in [0.5, 0.6) is 0 Å². The fourth-order valence-electron chi connectivity index (χ4n) is 1.48. The second-order valence-electron chi connectivity index (χ2n) is 3.54. The lowest BCUT2D eigenvalue weighted by molar-refractivity contribution is 1.13. The van der Waals surface area contributed by atoms with Crippen molar-refractivity contribution in [1.29, 1.82) is 0 Å². The molecule has 0 saturated carbocycles. The van der Waals surface area contributed by atoms with Crippen LogP contribution in [0.4, 0.5) is 11.4 Å². The lowest BCUT2D eigenvalue weighted by Crippen LogP contribution is -2.10. The molecular formula is C11H13N3S. The van der Waals surface area contributed by atoms with E-state index < -0.39 is 0 Å². The first kappa shape index (κ1) is 9.98. The highest BCUT2D eigenvalue weighted by Gasteiger charge is 2.05. The third-order valence-electron chi connectivity index (χ3n) is 2.24. The largest absolute Gasteiger partial charge is 0.397 e. The zero-order valence-electron chi connectivity index (χ0n) is 8.77. The van der Waals surface area contributed by atoms with Crippen molar-refractivity contribution >= 4 is 22.7 Å². The van der Waals surface area contributed by atoms with Crippen molar-refractivity contribution in [3.63, 3.8) is 0 Å². The van der Waals surface area contributed by atoms with E-state index in [0.717, 1.165) is 22.6 Å². The molecule has 0 aliphatic heterocycles. The smallest absolute Gasteiger partial charge is 0.0811 e. The molecule has 1 aromatic carbocycles. The quantitative estimate of drug-likeness (QED) is 0.789. The Balaban J connectivity index is 2.42. The van der Waals surface area contributed by atoms with Gasteiger partial charge >= 0.3 is 0 Å². The molecule has 1 heterocycles. The van der Waals surface area contributed by atoms with Crippen LogP contribution in [0.1, 0.15) is 0 Å². The summed E-state index contributed by atoms with van der Waals surface area (Å²) in [7, 11) is 3.96. The van der Waals surface area contributed by atoms with Gasteiger partial charge < -0.3 is 10.6 Å². The second kappa shape index (κ2) is 3.90. The summed E-state index contributed by atoms with van der Waals surface area (Å²) >= 11 is 1.59. The van der Waals surface area contributed by atoms with Gasteiger partial charge in [0.1, 0.15) is 0 Å². The van der Waals surface area contributed by atoms with Gasteiger partial charge in [0, 0.05) is 25.0 Å². The minimum absolute atomic E-state index is 0.783. The standard InChI is InChI=1S/C11H13N3S/c1-14(2)11-4-3-8(5-9(11)12)10-6-15-7-13-10/h3-7H,12H2,1-2H3.